The summed E-state index contributed by atoms with van der Waals surface area (Å²) in [7, 11) is 0. The van der Waals surface area contributed by atoms with Gasteiger partial charge in [0.1, 0.15) is 0 Å². The SMILES string of the molecule is Nc1cc(N)cc(-c2nc(N3CCCCCC3)no2)c1. The van der Waals surface area contributed by atoms with E-state index in [1.807, 2.05) is 0 Å². The Morgan fingerprint density at radius 1 is 0.950 bits per heavy atom. The Hall–Kier alpha value is -2.24. The summed E-state index contributed by atoms with van der Waals surface area (Å²) >= 11 is 0. The molecule has 2 heterocycles. The lowest BCUT2D eigenvalue weighted by atomic mass is 10.2. The maximum absolute atomic E-state index is 5.79. The van der Waals surface area contributed by atoms with Crippen molar-refractivity contribution in [2.24, 2.45) is 0 Å². The van der Waals surface area contributed by atoms with Crippen LogP contribution in [0.4, 0.5) is 17.3 Å². The van der Waals surface area contributed by atoms with E-state index in [2.05, 4.69) is 15.0 Å². The van der Waals surface area contributed by atoms with E-state index in [1.54, 1.807) is 18.2 Å². The highest BCUT2D eigenvalue weighted by molar-refractivity contribution is 5.67. The summed E-state index contributed by atoms with van der Waals surface area (Å²) < 4.78 is 5.34. The number of nitrogens with zero attached hydrogens (tertiary/aromatic N) is 3. The fourth-order valence-electron chi connectivity index (χ4n) is 2.53. The van der Waals surface area contributed by atoms with Gasteiger partial charge in [0.05, 0.1) is 0 Å². The molecule has 0 aliphatic carbocycles. The van der Waals surface area contributed by atoms with Gasteiger partial charge in [-0.2, -0.15) is 4.98 Å². The molecule has 4 N–H and O–H groups in total. The monoisotopic (exact) mass is 273 g/mol. The van der Waals surface area contributed by atoms with E-state index in [1.165, 1.54) is 25.7 Å². The van der Waals surface area contributed by atoms with E-state index < -0.39 is 0 Å². The molecule has 1 fully saturated rings. The van der Waals surface area contributed by atoms with Crippen LogP contribution in [0.2, 0.25) is 0 Å². The average molecular weight is 273 g/mol. The number of nitrogen functional groups attached to an aromatic ring is 2. The highest BCUT2D eigenvalue weighted by Crippen LogP contribution is 2.25. The predicted molar refractivity (Wildman–Crippen MR) is 79.2 cm³/mol. The minimum atomic E-state index is 0.461. The maximum atomic E-state index is 5.79. The minimum Gasteiger partial charge on any atom is -0.399 e. The molecular formula is C14H19N5O. The summed E-state index contributed by atoms with van der Waals surface area (Å²) in [6.45, 7) is 1.97. The van der Waals surface area contributed by atoms with Crippen LogP contribution in [0.15, 0.2) is 22.7 Å². The average Bonchev–Trinajstić information content (AvgIpc) is 2.74. The van der Waals surface area contributed by atoms with Crippen LogP contribution < -0.4 is 16.4 Å². The second-order valence-electron chi connectivity index (χ2n) is 5.19. The molecule has 1 aromatic heterocycles. The molecule has 0 amide bonds. The predicted octanol–water partition coefficient (Wildman–Crippen LogP) is 2.28. The first-order chi connectivity index (χ1) is 9.72. The number of anilines is 3. The molecule has 1 aromatic carbocycles. The molecule has 1 aliphatic heterocycles. The zero-order valence-corrected chi connectivity index (χ0v) is 11.4. The second-order valence-corrected chi connectivity index (χ2v) is 5.19. The smallest absolute Gasteiger partial charge is 0.266 e. The largest absolute Gasteiger partial charge is 0.399 e. The number of rotatable bonds is 2. The van der Waals surface area contributed by atoms with Crippen molar-refractivity contribution in [2.45, 2.75) is 25.7 Å². The Bertz CT molecular complexity index is 567. The first-order valence-corrected chi connectivity index (χ1v) is 6.97. The number of hydrogen-bond donors (Lipinski definition) is 2. The van der Waals surface area contributed by atoms with Crippen LogP contribution in [0.25, 0.3) is 11.5 Å². The second kappa shape index (κ2) is 5.40. The normalized spacial score (nSPS) is 16.1. The first-order valence-electron chi connectivity index (χ1n) is 6.97. The van der Waals surface area contributed by atoms with E-state index >= 15 is 0 Å². The molecule has 0 radical (unpaired) electrons. The molecule has 0 spiro atoms. The third-order valence-corrected chi connectivity index (χ3v) is 3.53. The van der Waals surface area contributed by atoms with Crippen LogP contribution in [0.1, 0.15) is 25.7 Å². The van der Waals surface area contributed by atoms with Crippen molar-refractivity contribution in [2.75, 3.05) is 29.5 Å². The van der Waals surface area contributed by atoms with Gasteiger partial charge < -0.3 is 20.9 Å². The standard InChI is InChI=1S/C14H19N5O/c15-11-7-10(8-12(16)9-11)13-17-14(18-20-13)19-5-3-1-2-4-6-19/h7-9H,1-6,15-16H2. The van der Waals surface area contributed by atoms with E-state index in [-0.39, 0.29) is 0 Å². The number of nitrogens with two attached hydrogens (primary N) is 2. The molecule has 3 rings (SSSR count). The zero-order chi connectivity index (χ0) is 13.9. The van der Waals surface area contributed by atoms with Crippen molar-refractivity contribution in [3.05, 3.63) is 18.2 Å². The summed E-state index contributed by atoms with van der Waals surface area (Å²) in [6, 6.07) is 5.28. The third-order valence-electron chi connectivity index (χ3n) is 3.53. The quantitative estimate of drug-likeness (QED) is 0.815. The van der Waals surface area contributed by atoms with Crippen molar-refractivity contribution in [3.8, 4) is 11.5 Å². The van der Waals surface area contributed by atoms with Crippen molar-refractivity contribution in [1.82, 2.24) is 10.1 Å². The molecule has 0 saturated carbocycles. The Labute approximate surface area is 117 Å². The van der Waals surface area contributed by atoms with Crippen molar-refractivity contribution >= 4 is 17.3 Å². The van der Waals surface area contributed by atoms with Gasteiger partial charge in [-0.15, -0.1) is 0 Å². The fraction of sp³-hybridized carbons (Fsp3) is 0.429. The molecule has 0 unspecified atom stereocenters. The topological polar surface area (TPSA) is 94.2 Å². The van der Waals surface area contributed by atoms with Gasteiger partial charge in [-0.25, -0.2) is 0 Å². The highest BCUT2D eigenvalue weighted by atomic mass is 16.5. The summed E-state index contributed by atoms with van der Waals surface area (Å²) in [5, 5.41) is 4.08. The fourth-order valence-corrected chi connectivity index (χ4v) is 2.53. The summed E-state index contributed by atoms with van der Waals surface area (Å²) in [5.74, 6) is 1.12. The molecular weight excluding hydrogens is 254 g/mol. The molecule has 0 bridgehead atoms. The van der Waals surface area contributed by atoms with Gasteiger partial charge >= 0.3 is 0 Å². The summed E-state index contributed by atoms with van der Waals surface area (Å²) in [4.78, 5) is 6.64. The van der Waals surface area contributed by atoms with Crippen LogP contribution in [0.3, 0.4) is 0 Å². The van der Waals surface area contributed by atoms with E-state index in [0.717, 1.165) is 18.7 Å². The third kappa shape index (κ3) is 2.68. The van der Waals surface area contributed by atoms with Crippen LogP contribution in [0, 0.1) is 0 Å². The van der Waals surface area contributed by atoms with E-state index in [0.29, 0.717) is 23.2 Å². The lowest BCUT2D eigenvalue weighted by molar-refractivity contribution is 0.429. The number of hydrogen-bond acceptors (Lipinski definition) is 6. The van der Waals surface area contributed by atoms with Crippen LogP contribution in [0.5, 0.6) is 0 Å². The van der Waals surface area contributed by atoms with Gasteiger partial charge in [-0.05, 0) is 36.2 Å². The zero-order valence-electron chi connectivity index (χ0n) is 11.4. The van der Waals surface area contributed by atoms with E-state index in [4.69, 9.17) is 16.0 Å². The Morgan fingerprint density at radius 2 is 1.60 bits per heavy atom. The Balaban J connectivity index is 1.85. The molecule has 1 saturated heterocycles. The highest BCUT2D eigenvalue weighted by Gasteiger charge is 2.17. The van der Waals surface area contributed by atoms with Crippen LogP contribution >= 0.6 is 0 Å². The van der Waals surface area contributed by atoms with Crippen LogP contribution in [-0.2, 0) is 0 Å². The van der Waals surface area contributed by atoms with Crippen molar-refractivity contribution in [3.63, 3.8) is 0 Å². The van der Waals surface area contributed by atoms with Gasteiger partial charge in [-0.1, -0.05) is 12.8 Å². The minimum absolute atomic E-state index is 0.461. The van der Waals surface area contributed by atoms with Gasteiger partial charge in [0, 0.05) is 30.0 Å². The Kier molecular flexibility index (Phi) is 3.45. The molecule has 2 aromatic rings. The maximum Gasteiger partial charge on any atom is 0.266 e. The molecule has 6 heteroatoms. The number of aromatic nitrogens is 2. The molecule has 106 valence electrons. The first kappa shape index (κ1) is 12.8. The van der Waals surface area contributed by atoms with Gasteiger partial charge in [0.2, 0.25) is 0 Å². The molecule has 6 nitrogen and oxygen atoms in total. The summed E-state index contributed by atoms with van der Waals surface area (Å²) in [6.07, 6.45) is 4.89. The van der Waals surface area contributed by atoms with E-state index in [9.17, 15) is 0 Å². The Morgan fingerprint density at radius 3 is 2.25 bits per heavy atom. The van der Waals surface area contributed by atoms with Gasteiger partial charge in [0.15, 0.2) is 0 Å². The summed E-state index contributed by atoms with van der Waals surface area (Å²) in [5.41, 5.74) is 13.5. The number of benzene rings is 1. The molecule has 20 heavy (non-hydrogen) atoms. The van der Waals surface area contributed by atoms with Gasteiger partial charge in [-0.3, -0.25) is 0 Å². The van der Waals surface area contributed by atoms with Gasteiger partial charge in [0.25, 0.3) is 11.8 Å². The lowest BCUT2D eigenvalue weighted by Crippen LogP contribution is -2.24. The molecule has 1 aliphatic rings. The van der Waals surface area contributed by atoms with Crippen molar-refractivity contribution in [1.29, 1.82) is 0 Å². The molecule has 0 atom stereocenters. The lowest BCUT2D eigenvalue weighted by Gasteiger charge is -2.16. The van der Waals surface area contributed by atoms with Crippen molar-refractivity contribution < 1.29 is 4.52 Å². The van der Waals surface area contributed by atoms with Crippen LogP contribution in [-0.4, -0.2) is 23.2 Å².